The highest BCUT2D eigenvalue weighted by Crippen LogP contribution is 2.36. The smallest absolute Gasteiger partial charge is 0.330 e. The fourth-order valence-electron chi connectivity index (χ4n) is 1.22. The number of ether oxygens (including phenoxy) is 2. The highest BCUT2D eigenvalue weighted by molar-refractivity contribution is 5.87. The number of methoxy groups -OCH3 is 1. The Balaban J connectivity index is 2.92. The van der Waals surface area contributed by atoms with E-state index in [1.165, 1.54) is 31.4 Å². The van der Waals surface area contributed by atoms with Crippen molar-refractivity contribution in [2.75, 3.05) is 13.7 Å². The van der Waals surface area contributed by atoms with Gasteiger partial charge in [-0.25, -0.2) is 4.79 Å². The molecule has 2 N–H and O–H groups in total. The highest BCUT2D eigenvalue weighted by atomic mass is 16.5. The minimum atomic E-state index is -0.473. The molecule has 0 heterocycles. The van der Waals surface area contributed by atoms with Crippen molar-refractivity contribution in [2.24, 2.45) is 0 Å². The summed E-state index contributed by atoms with van der Waals surface area (Å²) in [5, 5.41) is 18.8. The Morgan fingerprint density at radius 1 is 1.41 bits per heavy atom. The van der Waals surface area contributed by atoms with Crippen molar-refractivity contribution in [3.05, 3.63) is 23.8 Å². The maximum absolute atomic E-state index is 11.1. The summed E-state index contributed by atoms with van der Waals surface area (Å²) in [6, 6.07) is 2.80. The van der Waals surface area contributed by atoms with Crippen molar-refractivity contribution in [1.29, 1.82) is 0 Å². The zero-order chi connectivity index (χ0) is 12.8. The fourth-order valence-corrected chi connectivity index (χ4v) is 1.22. The summed E-state index contributed by atoms with van der Waals surface area (Å²) in [4.78, 5) is 11.1. The molecule has 1 rings (SSSR count). The van der Waals surface area contributed by atoms with Gasteiger partial charge in [0.25, 0.3) is 0 Å². The number of hydrogen-bond donors (Lipinski definition) is 2. The van der Waals surface area contributed by atoms with E-state index >= 15 is 0 Å². The van der Waals surface area contributed by atoms with Crippen molar-refractivity contribution in [1.82, 2.24) is 0 Å². The second kappa shape index (κ2) is 5.79. The van der Waals surface area contributed by atoms with Crippen LogP contribution in [0.4, 0.5) is 0 Å². The van der Waals surface area contributed by atoms with Crippen molar-refractivity contribution < 1.29 is 24.5 Å². The van der Waals surface area contributed by atoms with E-state index in [9.17, 15) is 15.0 Å². The molecule has 0 amide bonds. The Labute approximate surface area is 98.9 Å². The molecule has 0 aromatic heterocycles. The van der Waals surface area contributed by atoms with Crippen LogP contribution in [0, 0.1) is 0 Å². The molecule has 1 aromatic carbocycles. The molecule has 0 aliphatic heterocycles. The maximum atomic E-state index is 11.1. The van der Waals surface area contributed by atoms with Crippen molar-refractivity contribution in [3.63, 3.8) is 0 Å². The monoisotopic (exact) mass is 238 g/mol. The molecule has 0 saturated carbocycles. The molecule has 0 spiro atoms. The normalized spacial score (nSPS) is 10.5. The van der Waals surface area contributed by atoms with Crippen LogP contribution in [0.25, 0.3) is 6.08 Å². The van der Waals surface area contributed by atoms with Crippen LogP contribution < -0.4 is 4.74 Å². The number of aromatic hydroxyl groups is 2. The Morgan fingerprint density at radius 2 is 2.12 bits per heavy atom. The number of hydrogen-bond acceptors (Lipinski definition) is 5. The van der Waals surface area contributed by atoms with E-state index in [-0.39, 0.29) is 17.2 Å². The predicted octanol–water partition coefficient (Wildman–Crippen LogP) is 1.68. The molecule has 0 fully saturated rings. The molecule has 0 atom stereocenters. The van der Waals surface area contributed by atoms with E-state index in [1.54, 1.807) is 6.92 Å². The Hall–Kier alpha value is -2.17. The van der Waals surface area contributed by atoms with Crippen LogP contribution >= 0.6 is 0 Å². The average Bonchev–Trinajstić information content (AvgIpc) is 2.31. The second-order valence-electron chi connectivity index (χ2n) is 3.18. The van der Waals surface area contributed by atoms with Gasteiger partial charge in [-0.3, -0.25) is 0 Å². The van der Waals surface area contributed by atoms with Crippen LogP contribution in [-0.2, 0) is 9.53 Å². The third-order valence-corrected chi connectivity index (χ3v) is 2.00. The lowest BCUT2D eigenvalue weighted by atomic mass is 10.1. The van der Waals surface area contributed by atoms with Crippen molar-refractivity contribution in [2.45, 2.75) is 6.92 Å². The van der Waals surface area contributed by atoms with Crippen LogP contribution in [0.2, 0.25) is 0 Å². The van der Waals surface area contributed by atoms with Gasteiger partial charge >= 0.3 is 5.97 Å². The average molecular weight is 238 g/mol. The number of phenolic OH excluding ortho intramolecular Hbond substituents is 2. The molecule has 0 unspecified atom stereocenters. The summed E-state index contributed by atoms with van der Waals surface area (Å²) in [6.45, 7) is 2.01. The summed E-state index contributed by atoms with van der Waals surface area (Å²) >= 11 is 0. The molecule has 5 nitrogen and oxygen atoms in total. The zero-order valence-corrected chi connectivity index (χ0v) is 9.64. The largest absolute Gasteiger partial charge is 0.504 e. The third-order valence-electron chi connectivity index (χ3n) is 2.00. The van der Waals surface area contributed by atoms with Gasteiger partial charge in [0.1, 0.15) is 0 Å². The zero-order valence-electron chi connectivity index (χ0n) is 9.64. The molecule has 0 aliphatic rings. The molecule has 0 saturated heterocycles. The first kappa shape index (κ1) is 12.9. The lowest BCUT2D eigenvalue weighted by Gasteiger charge is -2.06. The summed E-state index contributed by atoms with van der Waals surface area (Å²) in [7, 11) is 1.37. The summed E-state index contributed by atoms with van der Waals surface area (Å²) in [5.74, 6) is -0.985. The first-order chi connectivity index (χ1) is 8.08. The van der Waals surface area contributed by atoms with E-state index in [1.807, 2.05) is 0 Å². The van der Waals surface area contributed by atoms with Gasteiger partial charge < -0.3 is 19.7 Å². The maximum Gasteiger partial charge on any atom is 0.330 e. The quantitative estimate of drug-likeness (QED) is 0.474. The van der Waals surface area contributed by atoms with Crippen molar-refractivity contribution >= 4 is 12.0 Å². The van der Waals surface area contributed by atoms with Gasteiger partial charge in [-0.1, -0.05) is 0 Å². The lowest BCUT2D eigenvalue weighted by Crippen LogP contribution is -1.98. The van der Waals surface area contributed by atoms with Gasteiger partial charge in [-0.15, -0.1) is 0 Å². The molecule has 0 bridgehead atoms. The third kappa shape index (κ3) is 3.41. The molecule has 5 heteroatoms. The summed E-state index contributed by atoms with van der Waals surface area (Å²) in [6.07, 6.45) is 2.69. The Morgan fingerprint density at radius 3 is 2.71 bits per heavy atom. The second-order valence-corrected chi connectivity index (χ2v) is 3.18. The van der Waals surface area contributed by atoms with Gasteiger partial charge in [0, 0.05) is 6.08 Å². The van der Waals surface area contributed by atoms with Gasteiger partial charge in [0.15, 0.2) is 11.5 Å². The number of carbonyl (C=O) groups is 1. The van der Waals surface area contributed by atoms with Crippen LogP contribution in [0.3, 0.4) is 0 Å². The summed E-state index contributed by atoms with van der Waals surface area (Å²) in [5.41, 5.74) is 0.519. The Kier molecular flexibility index (Phi) is 4.39. The van der Waals surface area contributed by atoms with E-state index in [4.69, 9.17) is 9.47 Å². The van der Waals surface area contributed by atoms with E-state index < -0.39 is 5.97 Å². The minimum Gasteiger partial charge on any atom is -0.504 e. The van der Waals surface area contributed by atoms with Crippen molar-refractivity contribution in [3.8, 4) is 17.2 Å². The number of carbonyl (C=O) groups excluding carboxylic acids is 1. The molecular formula is C12H14O5. The van der Waals surface area contributed by atoms with Crippen LogP contribution in [0.1, 0.15) is 12.5 Å². The first-order valence-electron chi connectivity index (χ1n) is 5.03. The van der Waals surface area contributed by atoms with E-state index in [0.29, 0.717) is 12.2 Å². The van der Waals surface area contributed by atoms with Gasteiger partial charge in [-0.2, -0.15) is 0 Å². The number of rotatable bonds is 4. The molecule has 0 aliphatic carbocycles. The molecule has 92 valence electrons. The topological polar surface area (TPSA) is 76.0 Å². The van der Waals surface area contributed by atoms with Gasteiger partial charge in [-0.05, 0) is 30.7 Å². The highest BCUT2D eigenvalue weighted by Gasteiger charge is 2.08. The number of esters is 1. The fraction of sp³-hybridized carbons (Fsp3) is 0.250. The van der Waals surface area contributed by atoms with Crippen LogP contribution in [-0.4, -0.2) is 29.9 Å². The molecule has 17 heavy (non-hydrogen) atoms. The van der Waals surface area contributed by atoms with E-state index in [2.05, 4.69) is 0 Å². The van der Waals surface area contributed by atoms with Gasteiger partial charge in [0.2, 0.25) is 5.75 Å². The first-order valence-corrected chi connectivity index (χ1v) is 5.03. The molecule has 0 radical (unpaired) electrons. The van der Waals surface area contributed by atoms with Crippen LogP contribution in [0.5, 0.6) is 17.2 Å². The number of benzene rings is 1. The van der Waals surface area contributed by atoms with Gasteiger partial charge in [0.05, 0.1) is 13.7 Å². The molecule has 1 aromatic rings. The number of phenols is 2. The minimum absolute atomic E-state index is 0.133. The lowest BCUT2D eigenvalue weighted by molar-refractivity contribution is -0.137. The summed E-state index contributed by atoms with van der Waals surface area (Å²) < 4.78 is 9.57. The van der Waals surface area contributed by atoms with E-state index in [0.717, 1.165) is 0 Å². The standard InChI is InChI=1S/C12H14O5/c1-3-17-11(14)5-4-8-6-9(13)12(15)10(7-8)16-2/h4-7,13,15H,3H2,1-2H3/b5-4+. The molecular weight excluding hydrogens is 224 g/mol. The van der Waals surface area contributed by atoms with Crippen LogP contribution in [0.15, 0.2) is 18.2 Å². The Bertz CT molecular complexity index is 437. The predicted molar refractivity (Wildman–Crippen MR) is 62.0 cm³/mol. The SMILES string of the molecule is CCOC(=O)/C=C/c1cc(O)c(O)c(OC)c1.